The Hall–Kier alpha value is -2.50. The van der Waals surface area contributed by atoms with Crippen LogP contribution in [0.15, 0.2) is 24.3 Å². The van der Waals surface area contributed by atoms with Crippen LogP contribution in [0.1, 0.15) is 28.2 Å². The SMILES string of the molecule is Cc1cc(C)n(CCCNC(=O)c2ccc(N)c(O)c2)n1. The third-order valence-electron chi connectivity index (χ3n) is 3.23. The highest BCUT2D eigenvalue weighted by Crippen LogP contribution is 2.20. The minimum Gasteiger partial charge on any atom is -0.506 e. The molecule has 6 nitrogen and oxygen atoms in total. The molecule has 0 bridgehead atoms. The average molecular weight is 288 g/mol. The number of benzene rings is 1. The summed E-state index contributed by atoms with van der Waals surface area (Å²) < 4.78 is 1.93. The molecule has 1 heterocycles. The number of rotatable bonds is 5. The zero-order valence-electron chi connectivity index (χ0n) is 12.3. The second kappa shape index (κ2) is 6.30. The van der Waals surface area contributed by atoms with Crippen LogP contribution in [-0.2, 0) is 6.54 Å². The van der Waals surface area contributed by atoms with Crippen LogP contribution in [0.3, 0.4) is 0 Å². The summed E-state index contributed by atoms with van der Waals surface area (Å²) in [5.74, 6) is -0.302. The van der Waals surface area contributed by atoms with E-state index in [1.54, 1.807) is 6.07 Å². The molecule has 6 heteroatoms. The second-order valence-electron chi connectivity index (χ2n) is 5.03. The highest BCUT2D eigenvalue weighted by atomic mass is 16.3. The molecule has 2 aromatic rings. The van der Waals surface area contributed by atoms with Crippen molar-refractivity contribution in [3.05, 3.63) is 41.2 Å². The van der Waals surface area contributed by atoms with Gasteiger partial charge in [-0.25, -0.2) is 0 Å². The molecule has 0 aliphatic carbocycles. The van der Waals surface area contributed by atoms with E-state index in [0.717, 1.165) is 24.4 Å². The van der Waals surface area contributed by atoms with E-state index < -0.39 is 0 Å². The van der Waals surface area contributed by atoms with Crippen molar-refractivity contribution < 1.29 is 9.90 Å². The summed E-state index contributed by atoms with van der Waals surface area (Å²) in [7, 11) is 0. The third kappa shape index (κ3) is 3.75. The summed E-state index contributed by atoms with van der Waals surface area (Å²) in [5.41, 5.74) is 8.26. The van der Waals surface area contributed by atoms with E-state index in [1.165, 1.54) is 12.1 Å². The van der Waals surface area contributed by atoms with Crippen LogP contribution in [0.25, 0.3) is 0 Å². The molecule has 0 atom stereocenters. The molecular formula is C15H20N4O2. The maximum atomic E-state index is 11.9. The number of carbonyl (C=O) groups is 1. The fraction of sp³-hybridized carbons (Fsp3) is 0.333. The number of anilines is 1. The molecule has 0 fully saturated rings. The Kier molecular flexibility index (Phi) is 4.47. The van der Waals surface area contributed by atoms with Crippen molar-refractivity contribution in [1.29, 1.82) is 0 Å². The Labute approximate surface area is 123 Å². The van der Waals surface area contributed by atoms with Crippen molar-refractivity contribution in [3.63, 3.8) is 0 Å². The van der Waals surface area contributed by atoms with Crippen LogP contribution in [0, 0.1) is 13.8 Å². The van der Waals surface area contributed by atoms with Crippen LogP contribution in [0.4, 0.5) is 5.69 Å². The van der Waals surface area contributed by atoms with Crippen molar-refractivity contribution in [3.8, 4) is 5.75 Å². The standard InChI is InChI=1S/C15H20N4O2/c1-10-8-11(2)19(18-10)7-3-6-17-15(21)12-4-5-13(16)14(20)9-12/h4-5,8-9,20H,3,6-7,16H2,1-2H3,(H,17,21). The number of carbonyl (C=O) groups excluding carboxylic acids is 1. The molecule has 0 saturated heterocycles. The van der Waals surface area contributed by atoms with E-state index in [-0.39, 0.29) is 17.3 Å². The second-order valence-corrected chi connectivity index (χ2v) is 5.03. The molecule has 0 unspecified atom stereocenters. The quantitative estimate of drug-likeness (QED) is 0.442. The number of nitrogen functional groups attached to an aromatic ring is 1. The number of aryl methyl sites for hydroxylation is 3. The van der Waals surface area contributed by atoms with E-state index in [0.29, 0.717) is 12.1 Å². The normalized spacial score (nSPS) is 10.6. The Morgan fingerprint density at radius 3 is 2.76 bits per heavy atom. The number of phenolic OH excluding ortho intramolecular Hbond substituents is 1. The van der Waals surface area contributed by atoms with E-state index in [2.05, 4.69) is 10.4 Å². The Morgan fingerprint density at radius 1 is 1.38 bits per heavy atom. The lowest BCUT2D eigenvalue weighted by Crippen LogP contribution is -2.25. The molecule has 112 valence electrons. The number of amides is 1. The first-order valence-corrected chi connectivity index (χ1v) is 6.85. The van der Waals surface area contributed by atoms with Gasteiger partial charge in [0.1, 0.15) is 5.75 Å². The number of aromatic nitrogens is 2. The predicted octanol–water partition coefficient (Wildman–Crippen LogP) is 1.61. The van der Waals surface area contributed by atoms with Gasteiger partial charge in [-0.3, -0.25) is 9.48 Å². The molecule has 1 amide bonds. The number of nitrogens with zero attached hydrogens (tertiary/aromatic N) is 2. The number of aromatic hydroxyl groups is 1. The van der Waals surface area contributed by atoms with Crippen LogP contribution in [-0.4, -0.2) is 27.3 Å². The van der Waals surface area contributed by atoms with Crippen LogP contribution in [0.2, 0.25) is 0 Å². The van der Waals surface area contributed by atoms with Gasteiger partial charge in [-0.1, -0.05) is 0 Å². The molecule has 1 aromatic carbocycles. The highest BCUT2D eigenvalue weighted by Gasteiger charge is 2.07. The van der Waals surface area contributed by atoms with E-state index in [4.69, 9.17) is 5.73 Å². The molecule has 21 heavy (non-hydrogen) atoms. The molecule has 0 aliphatic rings. The summed E-state index contributed by atoms with van der Waals surface area (Å²) >= 11 is 0. The molecule has 2 rings (SSSR count). The lowest BCUT2D eigenvalue weighted by molar-refractivity contribution is 0.0952. The zero-order chi connectivity index (χ0) is 15.4. The fourth-order valence-electron chi connectivity index (χ4n) is 2.12. The fourth-order valence-corrected chi connectivity index (χ4v) is 2.12. The topological polar surface area (TPSA) is 93.2 Å². The lowest BCUT2D eigenvalue weighted by Gasteiger charge is -2.07. The summed E-state index contributed by atoms with van der Waals surface area (Å²) in [5, 5.41) is 16.7. The molecular weight excluding hydrogens is 268 g/mol. The minimum absolute atomic E-state index is 0.0784. The first-order valence-electron chi connectivity index (χ1n) is 6.85. The van der Waals surface area contributed by atoms with Crippen molar-refractivity contribution in [2.45, 2.75) is 26.8 Å². The monoisotopic (exact) mass is 288 g/mol. The third-order valence-corrected chi connectivity index (χ3v) is 3.23. The van der Waals surface area contributed by atoms with E-state index in [9.17, 15) is 9.90 Å². The van der Waals surface area contributed by atoms with Crippen molar-refractivity contribution >= 4 is 11.6 Å². The number of nitrogens with one attached hydrogen (secondary N) is 1. The largest absolute Gasteiger partial charge is 0.506 e. The highest BCUT2D eigenvalue weighted by molar-refractivity contribution is 5.95. The first-order chi connectivity index (χ1) is 9.97. The van der Waals surface area contributed by atoms with Crippen molar-refractivity contribution in [2.75, 3.05) is 12.3 Å². The van der Waals surface area contributed by atoms with Gasteiger partial charge in [0.25, 0.3) is 5.91 Å². The number of hydrogen-bond acceptors (Lipinski definition) is 4. The van der Waals surface area contributed by atoms with Gasteiger partial charge in [0.15, 0.2) is 0 Å². The summed E-state index contributed by atoms with van der Waals surface area (Å²) in [6, 6.07) is 6.49. The van der Waals surface area contributed by atoms with Gasteiger partial charge in [-0.05, 0) is 44.5 Å². The summed E-state index contributed by atoms with van der Waals surface area (Å²) in [6.07, 6.45) is 0.786. The van der Waals surface area contributed by atoms with Crippen LogP contribution >= 0.6 is 0 Å². The summed E-state index contributed by atoms with van der Waals surface area (Å²) in [4.78, 5) is 11.9. The molecule has 1 aromatic heterocycles. The van der Waals surface area contributed by atoms with E-state index in [1.807, 2.05) is 24.6 Å². The molecule has 4 N–H and O–H groups in total. The lowest BCUT2D eigenvalue weighted by atomic mass is 10.2. The number of phenols is 1. The Morgan fingerprint density at radius 2 is 2.14 bits per heavy atom. The van der Waals surface area contributed by atoms with Gasteiger partial charge < -0.3 is 16.2 Å². The van der Waals surface area contributed by atoms with Gasteiger partial charge in [0.05, 0.1) is 11.4 Å². The Balaban J connectivity index is 1.81. The summed E-state index contributed by atoms with van der Waals surface area (Å²) in [6.45, 7) is 5.27. The van der Waals surface area contributed by atoms with Gasteiger partial charge >= 0.3 is 0 Å². The molecule has 0 saturated carbocycles. The number of hydrogen-bond donors (Lipinski definition) is 3. The average Bonchev–Trinajstić information content (AvgIpc) is 2.76. The van der Waals surface area contributed by atoms with Crippen LogP contribution < -0.4 is 11.1 Å². The zero-order valence-corrected chi connectivity index (χ0v) is 12.3. The Bertz CT molecular complexity index is 649. The molecule has 0 aliphatic heterocycles. The number of nitrogens with two attached hydrogens (primary N) is 1. The van der Waals surface area contributed by atoms with Crippen molar-refractivity contribution in [2.24, 2.45) is 0 Å². The van der Waals surface area contributed by atoms with Crippen LogP contribution in [0.5, 0.6) is 5.75 Å². The van der Waals surface area contributed by atoms with Gasteiger partial charge in [-0.2, -0.15) is 5.10 Å². The first kappa shape index (κ1) is 14.9. The van der Waals surface area contributed by atoms with Crippen molar-refractivity contribution in [1.82, 2.24) is 15.1 Å². The maximum absolute atomic E-state index is 11.9. The van der Waals surface area contributed by atoms with Gasteiger partial charge in [0.2, 0.25) is 0 Å². The van der Waals surface area contributed by atoms with Gasteiger partial charge in [-0.15, -0.1) is 0 Å². The minimum atomic E-state index is -0.223. The smallest absolute Gasteiger partial charge is 0.251 e. The molecule has 0 radical (unpaired) electrons. The maximum Gasteiger partial charge on any atom is 0.251 e. The molecule has 0 spiro atoms. The predicted molar refractivity (Wildman–Crippen MR) is 81.2 cm³/mol. The van der Waals surface area contributed by atoms with E-state index >= 15 is 0 Å². The van der Waals surface area contributed by atoms with Gasteiger partial charge in [0, 0.05) is 24.3 Å².